The number of benzene rings is 3. The Bertz CT molecular complexity index is 1640. The molecule has 1 aliphatic heterocycles. The van der Waals surface area contributed by atoms with Gasteiger partial charge in [-0.3, -0.25) is 0 Å². The summed E-state index contributed by atoms with van der Waals surface area (Å²) >= 11 is 0. The van der Waals surface area contributed by atoms with E-state index in [0.29, 0.717) is 6.54 Å². The molecule has 0 amide bonds. The van der Waals surface area contributed by atoms with Crippen molar-refractivity contribution in [3.63, 3.8) is 0 Å². The van der Waals surface area contributed by atoms with Crippen molar-refractivity contribution >= 4 is 43.6 Å². The Hall–Kier alpha value is -3.48. The fraction of sp³-hybridized carbons (Fsp3) is 0.233. The van der Waals surface area contributed by atoms with E-state index in [0.717, 1.165) is 22.5 Å². The molecule has 0 spiro atoms. The quantitative estimate of drug-likeness (QED) is 0.262. The zero-order valence-corrected chi connectivity index (χ0v) is 21.6. The van der Waals surface area contributed by atoms with Crippen LogP contribution >= 0.6 is 0 Å². The lowest BCUT2D eigenvalue weighted by Gasteiger charge is -2.27. The Balaban J connectivity index is 1.58. The second-order valence-electron chi connectivity index (χ2n) is 9.88. The van der Waals surface area contributed by atoms with E-state index in [2.05, 4.69) is 96.3 Å². The van der Waals surface area contributed by atoms with Gasteiger partial charge in [-0.2, -0.15) is 0 Å². The molecular weight excluding hydrogens is 468 g/mol. The molecular formula is C30H30N2O3S. The summed E-state index contributed by atoms with van der Waals surface area (Å²) in [6.45, 7) is 4.88. The van der Waals surface area contributed by atoms with Crippen molar-refractivity contribution in [3.8, 4) is 0 Å². The van der Waals surface area contributed by atoms with E-state index in [1.54, 1.807) is 0 Å². The molecule has 0 aliphatic carbocycles. The van der Waals surface area contributed by atoms with Gasteiger partial charge in [0.2, 0.25) is 5.52 Å². The summed E-state index contributed by atoms with van der Waals surface area (Å²) < 4.78 is 36.0. The van der Waals surface area contributed by atoms with Gasteiger partial charge in [0.15, 0.2) is 6.20 Å². The monoisotopic (exact) mass is 498 g/mol. The molecule has 0 unspecified atom stereocenters. The lowest BCUT2D eigenvalue weighted by atomic mass is 9.81. The highest BCUT2D eigenvalue weighted by molar-refractivity contribution is 7.85. The number of rotatable bonds is 6. The average molecular weight is 499 g/mol. The van der Waals surface area contributed by atoms with Crippen molar-refractivity contribution in [1.82, 2.24) is 0 Å². The topological polar surface area (TPSA) is 64.3 Å². The van der Waals surface area contributed by atoms with Gasteiger partial charge in [0.25, 0.3) is 0 Å². The van der Waals surface area contributed by atoms with Gasteiger partial charge in [0, 0.05) is 41.2 Å². The van der Waals surface area contributed by atoms with Crippen LogP contribution in [0.25, 0.3) is 27.8 Å². The third kappa shape index (κ3) is 4.43. The van der Waals surface area contributed by atoms with Gasteiger partial charge in [-0.1, -0.05) is 68.5 Å². The van der Waals surface area contributed by atoms with Gasteiger partial charge in [0.1, 0.15) is 7.05 Å². The first-order valence-corrected chi connectivity index (χ1v) is 13.7. The molecule has 0 radical (unpaired) electrons. The standard InChI is InChI=1S/C30H30N2O3S/c1-30(2)28(15-8-11-23-18-20-31(3)26-14-7-6-12-24(23)26)32(19-9-21-36(33,34)35)27-17-16-22-10-4-5-13-25(22)29(27)30/h4-8,10-18,20H,9,19,21H2,1-3H3. The molecule has 0 N–H and O–H groups in total. The molecule has 5 nitrogen and oxygen atoms in total. The van der Waals surface area contributed by atoms with Gasteiger partial charge in [-0.15, -0.1) is 0 Å². The van der Waals surface area contributed by atoms with Gasteiger partial charge in [-0.05, 0) is 46.5 Å². The van der Waals surface area contributed by atoms with E-state index < -0.39 is 10.1 Å². The average Bonchev–Trinajstić information content (AvgIpc) is 3.06. The highest BCUT2D eigenvalue weighted by Gasteiger charge is 2.40. The Morgan fingerprint density at radius 3 is 2.47 bits per heavy atom. The maximum Gasteiger partial charge on any atom is 0.212 e. The second kappa shape index (κ2) is 9.19. The van der Waals surface area contributed by atoms with Crippen LogP contribution in [0.3, 0.4) is 0 Å². The van der Waals surface area contributed by atoms with E-state index in [-0.39, 0.29) is 17.6 Å². The summed E-state index contributed by atoms with van der Waals surface area (Å²) in [4.78, 5) is 2.18. The smallest absolute Gasteiger partial charge is 0.212 e. The molecule has 0 fully saturated rings. The fourth-order valence-electron chi connectivity index (χ4n) is 5.45. The van der Waals surface area contributed by atoms with Crippen molar-refractivity contribution in [1.29, 1.82) is 0 Å². The third-order valence-corrected chi connectivity index (χ3v) is 7.92. The fourth-order valence-corrected chi connectivity index (χ4v) is 5.93. The van der Waals surface area contributed by atoms with Crippen LogP contribution in [0, 0.1) is 0 Å². The largest absolute Gasteiger partial charge is 0.748 e. The van der Waals surface area contributed by atoms with Crippen LogP contribution in [0.4, 0.5) is 5.69 Å². The number of hydrogen-bond donors (Lipinski definition) is 0. The van der Waals surface area contributed by atoms with Crippen LogP contribution in [-0.4, -0.2) is 25.3 Å². The SMILES string of the molecule is C[n+]1ccc(C=CC=C2N(CCCS(=O)(=O)[O-])c3ccc4ccccc4c3C2(C)C)c2ccccc21. The van der Waals surface area contributed by atoms with Crippen molar-refractivity contribution in [2.75, 3.05) is 17.2 Å². The predicted molar refractivity (Wildman–Crippen MR) is 146 cm³/mol. The summed E-state index contributed by atoms with van der Waals surface area (Å²) in [5.74, 6) is -0.372. The minimum absolute atomic E-state index is 0.273. The third-order valence-electron chi connectivity index (χ3n) is 7.13. The lowest BCUT2D eigenvalue weighted by molar-refractivity contribution is -0.644. The predicted octanol–water partition coefficient (Wildman–Crippen LogP) is 5.45. The van der Waals surface area contributed by atoms with Crippen molar-refractivity contribution < 1.29 is 17.5 Å². The molecule has 1 aliphatic rings. The van der Waals surface area contributed by atoms with Gasteiger partial charge in [0.05, 0.1) is 15.5 Å². The summed E-state index contributed by atoms with van der Waals surface area (Å²) in [5.41, 5.74) is 5.36. The molecule has 4 aromatic rings. The number of fused-ring (bicyclic) bond motifs is 4. The number of aryl methyl sites for hydroxylation is 1. The van der Waals surface area contributed by atoms with E-state index in [1.165, 1.54) is 21.7 Å². The number of allylic oxidation sites excluding steroid dienone is 3. The molecule has 0 atom stereocenters. The number of pyridine rings is 1. The van der Waals surface area contributed by atoms with Gasteiger partial charge < -0.3 is 9.45 Å². The van der Waals surface area contributed by atoms with Crippen molar-refractivity contribution in [3.05, 3.63) is 102 Å². The maximum absolute atomic E-state index is 11.3. The minimum atomic E-state index is -4.26. The zero-order chi connectivity index (χ0) is 25.5. The minimum Gasteiger partial charge on any atom is -0.748 e. The molecule has 36 heavy (non-hydrogen) atoms. The summed E-state index contributed by atoms with van der Waals surface area (Å²) in [6.07, 6.45) is 8.65. The van der Waals surface area contributed by atoms with E-state index in [4.69, 9.17) is 0 Å². The van der Waals surface area contributed by atoms with Crippen LogP contribution in [0.5, 0.6) is 0 Å². The normalized spacial score (nSPS) is 16.4. The Kier molecular flexibility index (Phi) is 6.18. The first-order chi connectivity index (χ1) is 17.2. The number of aromatic nitrogens is 1. The van der Waals surface area contributed by atoms with Crippen LogP contribution in [0.1, 0.15) is 31.4 Å². The highest BCUT2D eigenvalue weighted by atomic mass is 32.2. The highest BCUT2D eigenvalue weighted by Crippen LogP contribution is 2.50. The molecule has 6 heteroatoms. The molecule has 0 saturated heterocycles. The summed E-state index contributed by atoms with van der Waals surface area (Å²) in [5, 5.41) is 3.54. The number of para-hydroxylation sites is 1. The first-order valence-electron chi connectivity index (χ1n) is 12.2. The van der Waals surface area contributed by atoms with E-state index >= 15 is 0 Å². The van der Waals surface area contributed by atoms with Crippen LogP contribution < -0.4 is 9.47 Å². The van der Waals surface area contributed by atoms with Crippen molar-refractivity contribution in [2.24, 2.45) is 7.05 Å². The van der Waals surface area contributed by atoms with Crippen LogP contribution in [0.2, 0.25) is 0 Å². The Morgan fingerprint density at radius 2 is 1.69 bits per heavy atom. The molecule has 5 rings (SSSR count). The number of nitrogens with zero attached hydrogens (tertiary/aromatic N) is 2. The van der Waals surface area contributed by atoms with Crippen molar-refractivity contribution in [2.45, 2.75) is 25.7 Å². The molecule has 1 aromatic heterocycles. The molecule has 2 heterocycles. The van der Waals surface area contributed by atoms with Crippen LogP contribution in [-0.2, 0) is 22.6 Å². The Labute approximate surface area is 212 Å². The van der Waals surface area contributed by atoms with Crippen LogP contribution in [0.15, 0.2) is 90.8 Å². The Morgan fingerprint density at radius 1 is 0.972 bits per heavy atom. The van der Waals surface area contributed by atoms with Gasteiger partial charge in [-0.25, -0.2) is 13.0 Å². The maximum atomic E-state index is 11.3. The zero-order valence-electron chi connectivity index (χ0n) is 20.8. The summed E-state index contributed by atoms with van der Waals surface area (Å²) in [6, 6.07) is 23.0. The lowest BCUT2D eigenvalue weighted by Crippen LogP contribution is -2.28. The second-order valence-corrected chi connectivity index (χ2v) is 11.4. The first kappa shape index (κ1) is 24.2. The van der Waals surface area contributed by atoms with E-state index in [9.17, 15) is 13.0 Å². The molecule has 0 bridgehead atoms. The van der Waals surface area contributed by atoms with E-state index in [1.807, 2.05) is 25.2 Å². The molecule has 0 saturated carbocycles. The van der Waals surface area contributed by atoms with Gasteiger partial charge >= 0.3 is 0 Å². The summed E-state index contributed by atoms with van der Waals surface area (Å²) in [7, 11) is -2.22. The number of hydrogen-bond acceptors (Lipinski definition) is 4. The number of anilines is 1. The molecule has 184 valence electrons. The molecule has 3 aromatic carbocycles.